The number of benzene rings is 1. The Morgan fingerprint density at radius 2 is 2.15 bits per heavy atom. The highest BCUT2D eigenvalue weighted by atomic mass is 35.5. The van der Waals surface area contributed by atoms with E-state index >= 15 is 0 Å². The fourth-order valence-electron chi connectivity index (χ4n) is 2.58. The van der Waals surface area contributed by atoms with Crippen LogP contribution >= 0.6 is 11.6 Å². The van der Waals surface area contributed by atoms with Gasteiger partial charge in [-0.15, -0.1) is 0 Å². The maximum atomic E-state index is 11.6. The quantitative estimate of drug-likeness (QED) is 0.891. The average molecular weight is 313 g/mol. The summed E-state index contributed by atoms with van der Waals surface area (Å²) >= 11 is 5.99. The van der Waals surface area contributed by atoms with E-state index in [1.54, 1.807) is 6.92 Å². The van der Waals surface area contributed by atoms with Crippen molar-refractivity contribution in [3.63, 3.8) is 0 Å². The Kier molecular flexibility index (Phi) is 3.31. The first kappa shape index (κ1) is 13.9. The van der Waals surface area contributed by atoms with Crippen LogP contribution in [0.15, 0.2) is 24.4 Å². The normalized spacial score (nSPS) is 17.5. The second kappa shape index (κ2) is 4.76. The summed E-state index contributed by atoms with van der Waals surface area (Å²) in [6, 6.07) is 5.76. The van der Waals surface area contributed by atoms with Crippen LogP contribution in [0.5, 0.6) is 0 Å². The summed E-state index contributed by atoms with van der Waals surface area (Å²) in [7, 11) is -3.15. The van der Waals surface area contributed by atoms with Crippen molar-refractivity contribution in [3.8, 4) is 0 Å². The van der Waals surface area contributed by atoms with Crippen LogP contribution in [0.3, 0.4) is 0 Å². The van der Waals surface area contributed by atoms with E-state index in [4.69, 9.17) is 11.6 Å². The lowest BCUT2D eigenvalue weighted by Crippen LogP contribution is -2.33. The first-order valence-electron chi connectivity index (χ1n) is 6.70. The number of aromatic nitrogens is 1. The Hall–Kier alpha value is -1.04. The van der Waals surface area contributed by atoms with E-state index in [0.29, 0.717) is 11.6 Å². The standard InChI is InChI=1S/C14H17ClN2O2S/c1-2-20(18,19)17-9-14(5-6-14)12-8-16-13-7-10(15)3-4-11(12)13/h3-4,7-8,16-17H,2,5-6,9H2,1H3. The Morgan fingerprint density at radius 1 is 1.40 bits per heavy atom. The highest BCUT2D eigenvalue weighted by molar-refractivity contribution is 7.89. The van der Waals surface area contributed by atoms with Crippen molar-refractivity contribution in [1.29, 1.82) is 0 Å². The topological polar surface area (TPSA) is 62.0 Å². The fraction of sp³-hybridized carbons (Fsp3) is 0.429. The van der Waals surface area contributed by atoms with Gasteiger partial charge >= 0.3 is 0 Å². The molecule has 1 heterocycles. The molecule has 108 valence electrons. The molecule has 1 aliphatic rings. The molecule has 0 bridgehead atoms. The second-order valence-electron chi connectivity index (χ2n) is 5.40. The molecule has 4 nitrogen and oxygen atoms in total. The Balaban J connectivity index is 1.91. The lowest BCUT2D eigenvalue weighted by molar-refractivity contribution is 0.569. The molecule has 1 aromatic heterocycles. The molecule has 0 amide bonds. The summed E-state index contributed by atoms with van der Waals surface area (Å²) in [5, 5.41) is 1.82. The molecular weight excluding hydrogens is 296 g/mol. The van der Waals surface area contributed by atoms with Gasteiger partial charge in [-0.1, -0.05) is 17.7 Å². The second-order valence-corrected chi connectivity index (χ2v) is 7.93. The molecule has 1 fully saturated rings. The van der Waals surface area contributed by atoms with Crippen LogP contribution in [-0.2, 0) is 15.4 Å². The number of halogens is 1. The van der Waals surface area contributed by atoms with Crippen LogP contribution in [0.25, 0.3) is 10.9 Å². The van der Waals surface area contributed by atoms with Gasteiger partial charge in [-0.2, -0.15) is 0 Å². The summed E-state index contributed by atoms with van der Waals surface area (Å²) in [6.07, 6.45) is 4.00. The Morgan fingerprint density at radius 3 is 2.80 bits per heavy atom. The lowest BCUT2D eigenvalue weighted by Gasteiger charge is -2.15. The van der Waals surface area contributed by atoms with Gasteiger partial charge in [0, 0.05) is 34.1 Å². The van der Waals surface area contributed by atoms with Crippen LogP contribution < -0.4 is 4.72 Å². The molecule has 1 aromatic carbocycles. The third-order valence-electron chi connectivity index (χ3n) is 4.08. The number of hydrogen-bond acceptors (Lipinski definition) is 2. The van der Waals surface area contributed by atoms with E-state index < -0.39 is 10.0 Å². The first-order valence-corrected chi connectivity index (χ1v) is 8.73. The molecule has 0 radical (unpaired) electrons. The number of fused-ring (bicyclic) bond motifs is 1. The minimum Gasteiger partial charge on any atom is -0.361 e. The van der Waals surface area contributed by atoms with E-state index in [1.807, 2.05) is 24.4 Å². The van der Waals surface area contributed by atoms with Crippen LogP contribution in [0.1, 0.15) is 25.3 Å². The molecule has 1 aliphatic carbocycles. The van der Waals surface area contributed by atoms with Gasteiger partial charge in [0.1, 0.15) is 0 Å². The number of nitrogens with one attached hydrogen (secondary N) is 2. The molecule has 6 heteroatoms. The summed E-state index contributed by atoms with van der Waals surface area (Å²) in [6.45, 7) is 2.12. The molecular formula is C14H17ClN2O2S. The zero-order chi connectivity index (χ0) is 14.4. The Labute approximate surface area is 123 Å². The molecule has 1 saturated carbocycles. The van der Waals surface area contributed by atoms with Crippen molar-refractivity contribution in [2.24, 2.45) is 0 Å². The maximum absolute atomic E-state index is 11.6. The number of H-pyrrole nitrogens is 1. The number of sulfonamides is 1. The summed E-state index contributed by atoms with van der Waals surface area (Å²) in [4.78, 5) is 3.22. The summed E-state index contributed by atoms with van der Waals surface area (Å²) in [5.74, 6) is 0.118. The van der Waals surface area contributed by atoms with E-state index in [9.17, 15) is 8.42 Å². The van der Waals surface area contributed by atoms with Crippen LogP contribution in [0, 0.1) is 0 Å². The average Bonchev–Trinajstić information content (AvgIpc) is 3.10. The van der Waals surface area contributed by atoms with E-state index in [1.165, 1.54) is 5.56 Å². The van der Waals surface area contributed by atoms with Gasteiger partial charge in [-0.05, 0) is 37.5 Å². The predicted molar refractivity (Wildman–Crippen MR) is 81.7 cm³/mol. The maximum Gasteiger partial charge on any atom is 0.211 e. The minimum atomic E-state index is -3.15. The monoisotopic (exact) mass is 312 g/mol. The predicted octanol–water partition coefficient (Wildman–Crippen LogP) is 2.79. The van der Waals surface area contributed by atoms with Gasteiger partial charge < -0.3 is 4.98 Å². The van der Waals surface area contributed by atoms with Crippen molar-refractivity contribution < 1.29 is 8.42 Å². The van der Waals surface area contributed by atoms with Crippen molar-refractivity contribution in [3.05, 3.63) is 35.0 Å². The zero-order valence-electron chi connectivity index (χ0n) is 11.2. The van der Waals surface area contributed by atoms with Crippen LogP contribution in [0.2, 0.25) is 5.02 Å². The van der Waals surface area contributed by atoms with Crippen LogP contribution in [0.4, 0.5) is 0 Å². The fourth-order valence-corrected chi connectivity index (χ4v) is 3.45. The van der Waals surface area contributed by atoms with Crippen molar-refractivity contribution >= 4 is 32.5 Å². The number of rotatable bonds is 5. The molecule has 20 heavy (non-hydrogen) atoms. The number of aromatic amines is 1. The molecule has 2 aromatic rings. The van der Waals surface area contributed by atoms with Crippen molar-refractivity contribution in [2.45, 2.75) is 25.2 Å². The number of hydrogen-bond donors (Lipinski definition) is 2. The third kappa shape index (κ3) is 2.45. The first-order chi connectivity index (χ1) is 9.46. The SMILES string of the molecule is CCS(=O)(=O)NCC1(c2c[nH]c3cc(Cl)ccc23)CC1. The zero-order valence-corrected chi connectivity index (χ0v) is 12.8. The molecule has 0 aliphatic heterocycles. The van der Waals surface area contributed by atoms with E-state index in [2.05, 4.69) is 9.71 Å². The smallest absolute Gasteiger partial charge is 0.211 e. The van der Waals surface area contributed by atoms with E-state index in [-0.39, 0.29) is 11.2 Å². The molecule has 0 atom stereocenters. The molecule has 0 saturated heterocycles. The Bertz CT molecular complexity index is 748. The highest BCUT2D eigenvalue weighted by Gasteiger charge is 2.46. The highest BCUT2D eigenvalue weighted by Crippen LogP contribution is 2.50. The van der Waals surface area contributed by atoms with Gasteiger partial charge in [0.15, 0.2) is 0 Å². The molecule has 0 spiro atoms. The van der Waals surface area contributed by atoms with Crippen molar-refractivity contribution in [1.82, 2.24) is 9.71 Å². The van der Waals surface area contributed by atoms with Gasteiger partial charge in [-0.25, -0.2) is 13.1 Å². The van der Waals surface area contributed by atoms with E-state index in [0.717, 1.165) is 23.7 Å². The van der Waals surface area contributed by atoms with Gasteiger partial charge in [0.05, 0.1) is 5.75 Å². The van der Waals surface area contributed by atoms with Gasteiger partial charge in [0.25, 0.3) is 0 Å². The molecule has 3 rings (SSSR count). The lowest BCUT2D eigenvalue weighted by atomic mass is 9.96. The minimum absolute atomic E-state index is 0.0612. The van der Waals surface area contributed by atoms with Gasteiger partial charge in [0.2, 0.25) is 10.0 Å². The van der Waals surface area contributed by atoms with Crippen molar-refractivity contribution in [2.75, 3.05) is 12.3 Å². The molecule has 0 unspecified atom stereocenters. The van der Waals surface area contributed by atoms with Gasteiger partial charge in [-0.3, -0.25) is 0 Å². The summed E-state index contributed by atoms with van der Waals surface area (Å²) in [5.41, 5.74) is 2.12. The summed E-state index contributed by atoms with van der Waals surface area (Å²) < 4.78 is 25.9. The largest absolute Gasteiger partial charge is 0.361 e. The van der Waals surface area contributed by atoms with Crippen LogP contribution in [-0.4, -0.2) is 25.7 Å². The molecule has 2 N–H and O–H groups in total. The third-order valence-corrected chi connectivity index (χ3v) is 5.66.